The zero-order chi connectivity index (χ0) is 20.1. The Morgan fingerprint density at radius 1 is 1.11 bits per heavy atom. The van der Waals surface area contributed by atoms with Gasteiger partial charge in [-0.15, -0.1) is 0 Å². The van der Waals surface area contributed by atoms with Gasteiger partial charge in [0.25, 0.3) is 5.91 Å². The van der Waals surface area contributed by atoms with Gasteiger partial charge in [0.2, 0.25) is 0 Å². The van der Waals surface area contributed by atoms with Crippen LogP contribution in [-0.4, -0.2) is 25.6 Å². The SMILES string of the molecule is Cc1cc(C)cc(OCC(=O)NC(C)c2ccc(N3CCC(C)CC3)cc2)c1. The van der Waals surface area contributed by atoms with Crippen LogP contribution in [0.25, 0.3) is 0 Å². The number of ether oxygens (including phenoxy) is 1. The van der Waals surface area contributed by atoms with E-state index >= 15 is 0 Å². The average molecular weight is 381 g/mol. The Morgan fingerprint density at radius 3 is 2.32 bits per heavy atom. The Balaban J connectivity index is 1.50. The summed E-state index contributed by atoms with van der Waals surface area (Å²) in [4.78, 5) is 14.7. The molecular formula is C24H32N2O2. The molecule has 4 heteroatoms. The molecule has 28 heavy (non-hydrogen) atoms. The van der Waals surface area contributed by atoms with Gasteiger partial charge >= 0.3 is 0 Å². The minimum absolute atomic E-state index is 0.0251. The lowest BCUT2D eigenvalue weighted by atomic mass is 9.98. The minimum Gasteiger partial charge on any atom is -0.484 e. The van der Waals surface area contributed by atoms with Gasteiger partial charge in [-0.05, 0) is 80.5 Å². The van der Waals surface area contributed by atoms with Crippen LogP contribution in [0.2, 0.25) is 0 Å². The number of aryl methyl sites for hydroxylation is 2. The molecule has 1 atom stereocenters. The van der Waals surface area contributed by atoms with Crippen molar-refractivity contribution in [1.29, 1.82) is 0 Å². The first kappa shape index (κ1) is 20.2. The molecule has 1 heterocycles. The van der Waals surface area contributed by atoms with Crippen LogP contribution in [0.4, 0.5) is 5.69 Å². The second kappa shape index (κ2) is 9.13. The third-order valence-electron chi connectivity index (χ3n) is 5.48. The molecular weight excluding hydrogens is 348 g/mol. The maximum Gasteiger partial charge on any atom is 0.258 e. The number of amides is 1. The van der Waals surface area contributed by atoms with Crippen molar-refractivity contribution in [3.8, 4) is 5.75 Å². The highest BCUT2D eigenvalue weighted by Gasteiger charge is 2.16. The molecule has 150 valence electrons. The molecule has 0 spiro atoms. The summed E-state index contributed by atoms with van der Waals surface area (Å²) in [6.45, 7) is 10.7. The van der Waals surface area contributed by atoms with Crippen LogP contribution in [0.1, 0.15) is 49.4 Å². The van der Waals surface area contributed by atoms with E-state index in [1.165, 1.54) is 18.5 Å². The second-order valence-corrected chi connectivity index (χ2v) is 8.16. The van der Waals surface area contributed by atoms with Gasteiger partial charge in [0.1, 0.15) is 5.75 Å². The lowest BCUT2D eigenvalue weighted by molar-refractivity contribution is -0.123. The van der Waals surface area contributed by atoms with Crippen LogP contribution in [0.5, 0.6) is 5.75 Å². The highest BCUT2D eigenvalue weighted by atomic mass is 16.5. The van der Waals surface area contributed by atoms with Gasteiger partial charge in [0.05, 0.1) is 6.04 Å². The third kappa shape index (κ3) is 5.51. The lowest BCUT2D eigenvalue weighted by Gasteiger charge is -2.32. The molecule has 1 aliphatic rings. The number of nitrogens with one attached hydrogen (secondary N) is 1. The maximum absolute atomic E-state index is 12.3. The van der Waals surface area contributed by atoms with Gasteiger partial charge in [0, 0.05) is 18.8 Å². The number of hydrogen-bond donors (Lipinski definition) is 1. The average Bonchev–Trinajstić information content (AvgIpc) is 2.66. The molecule has 1 amide bonds. The van der Waals surface area contributed by atoms with E-state index in [2.05, 4.69) is 47.5 Å². The van der Waals surface area contributed by atoms with Crippen molar-refractivity contribution >= 4 is 11.6 Å². The number of piperidine rings is 1. The highest BCUT2D eigenvalue weighted by Crippen LogP contribution is 2.24. The van der Waals surface area contributed by atoms with Crippen molar-refractivity contribution in [1.82, 2.24) is 5.32 Å². The van der Waals surface area contributed by atoms with E-state index in [1.807, 2.05) is 32.9 Å². The summed E-state index contributed by atoms with van der Waals surface area (Å²) in [5, 5.41) is 3.02. The number of benzene rings is 2. The number of rotatable bonds is 6. The van der Waals surface area contributed by atoms with Crippen LogP contribution in [0.3, 0.4) is 0 Å². The number of carbonyl (C=O) groups is 1. The van der Waals surface area contributed by atoms with Gasteiger partial charge in [-0.1, -0.05) is 25.1 Å². The smallest absolute Gasteiger partial charge is 0.258 e. The van der Waals surface area contributed by atoms with Crippen LogP contribution in [0.15, 0.2) is 42.5 Å². The van der Waals surface area contributed by atoms with E-state index in [1.54, 1.807) is 0 Å². The van der Waals surface area contributed by atoms with Gasteiger partial charge in [-0.25, -0.2) is 0 Å². The molecule has 1 fully saturated rings. The molecule has 2 aromatic carbocycles. The molecule has 0 radical (unpaired) electrons. The van der Waals surface area contributed by atoms with Crippen LogP contribution < -0.4 is 15.0 Å². The summed E-state index contributed by atoms with van der Waals surface area (Å²) >= 11 is 0. The van der Waals surface area contributed by atoms with Gasteiger partial charge in [-0.2, -0.15) is 0 Å². The Morgan fingerprint density at radius 2 is 1.71 bits per heavy atom. The first-order valence-electron chi connectivity index (χ1n) is 10.3. The fourth-order valence-corrected chi connectivity index (χ4v) is 3.77. The molecule has 4 nitrogen and oxygen atoms in total. The summed E-state index contributed by atoms with van der Waals surface area (Å²) in [7, 11) is 0. The lowest BCUT2D eigenvalue weighted by Crippen LogP contribution is -2.33. The highest BCUT2D eigenvalue weighted by molar-refractivity contribution is 5.78. The molecule has 1 N–H and O–H groups in total. The molecule has 1 saturated heterocycles. The van der Waals surface area contributed by atoms with Crippen LogP contribution >= 0.6 is 0 Å². The molecule has 2 aromatic rings. The van der Waals surface area contributed by atoms with E-state index in [0.717, 1.165) is 41.4 Å². The molecule has 1 aliphatic heterocycles. The molecule has 0 saturated carbocycles. The van der Waals surface area contributed by atoms with E-state index in [9.17, 15) is 4.79 Å². The van der Waals surface area contributed by atoms with E-state index < -0.39 is 0 Å². The molecule has 3 rings (SSSR count). The summed E-state index contributed by atoms with van der Waals surface area (Å²) in [6.07, 6.45) is 2.52. The zero-order valence-corrected chi connectivity index (χ0v) is 17.5. The topological polar surface area (TPSA) is 41.6 Å². The van der Waals surface area contributed by atoms with Crippen LogP contribution in [-0.2, 0) is 4.79 Å². The van der Waals surface area contributed by atoms with Crippen molar-refractivity contribution in [2.45, 2.75) is 46.6 Å². The predicted octanol–water partition coefficient (Wildman–Crippen LogP) is 4.80. The first-order chi connectivity index (χ1) is 13.4. The van der Waals surface area contributed by atoms with E-state index in [4.69, 9.17) is 4.74 Å². The Bertz CT molecular complexity index is 773. The van der Waals surface area contributed by atoms with Crippen LogP contribution in [0, 0.1) is 19.8 Å². The maximum atomic E-state index is 12.3. The van der Waals surface area contributed by atoms with Crippen molar-refractivity contribution in [3.63, 3.8) is 0 Å². The molecule has 0 bridgehead atoms. The Labute approximate surface area is 168 Å². The summed E-state index contributed by atoms with van der Waals surface area (Å²) in [6, 6.07) is 14.5. The standard InChI is InChI=1S/C24H32N2O2/c1-17-9-11-26(12-10-17)22-7-5-21(6-8-22)20(4)25-24(27)16-28-23-14-18(2)13-19(3)15-23/h5-8,13-15,17,20H,9-12,16H2,1-4H3,(H,25,27). The number of anilines is 1. The quantitative estimate of drug-likeness (QED) is 0.783. The molecule has 0 aromatic heterocycles. The number of carbonyl (C=O) groups excluding carboxylic acids is 1. The Hall–Kier alpha value is -2.49. The largest absolute Gasteiger partial charge is 0.484 e. The molecule has 1 unspecified atom stereocenters. The summed E-state index contributed by atoms with van der Waals surface area (Å²) in [5.41, 5.74) is 4.64. The fraction of sp³-hybridized carbons (Fsp3) is 0.458. The monoisotopic (exact) mass is 380 g/mol. The van der Waals surface area contributed by atoms with Gasteiger partial charge in [-0.3, -0.25) is 4.79 Å². The minimum atomic E-state index is -0.110. The predicted molar refractivity (Wildman–Crippen MR) is 115 cm³/mol. The van der Waals surface area contributed by atoms with Crippen molar-refractivity contribution in [2.24, 2.45) is 5.92 Å². The number of hydrogen-bond acceptors (Lipinski definition) is 3. The van der Waals surface area contributed by atoms with Gasteiger partial charge < -0.3 is 15.0 Å². The third-order valence-corrected chi connectivity index (χ3v) is 5.48. The second-order valence-electron chi connectivity index (χ2n) is 8.16. The summed E-state index contributed by atoms with van der Waals surface area (Å²) in [5.74, 6) is 1.46. The molecule has 0 aliphatic carbocycles. The fourth-order valence-electron chi connectivity index (χ4n) is 3.77. The zero-order valence-electron chi connectivity index (χ0n) is 17.5. The first-order valence-corrected chi connectivity index (χ1v) is 10.3. The number of nitrogens with zero attached hydrogens (tertiary/aromatic N) is 1. The normalized spacial score (nSPS) is 15.9. The van der Waals surface area contributed by atoms with Crippen molar-refractivity contribution in [3.05, 3.63) is 59.2 Å². The van der Waals surface area contributed by atoms with Gasteiger partial charge in [0.15, 0.2) is 6.61 Å². The summed E-state index contributed by atoms with van der Waals surface area (Å²) < 4.78 is 5.65. The van der Waals surface area contributed by atoms with Crippen molar-refractivity contribution in [2.75, 3.05) is 24.6 Å². The van der Waals surface area contributed by atoms with E-state index in [0.29, 0.717) is 0 Å². The van der Waals surface area contributed by atoms with E-state index in [-0.39, 0.29) is 18.6 Å². The van der Waals surface area contributed by atoms with Crippen molar-refractivity contribution < 1.29 is 9.53 Å². The Kier molecular flexibility index (Phi) is 6.61.